The summed E-state index contributed by atoms with van der Waals surface area (Å²) in [7, 11) is 0. The second-order valence-electron chi connectivity index (χ2n) is 8.40. The minimum atomic E-state index is -0.303. The predicted molar refractivity (Wildman–Crippen MR) is 112 cm³/mol. The Kier molecular flexibility index (Phi) is 8.04. The minimum Gasteiger partial charge on any atom is -0.355 e. The summed E-state index contributed by atoms with van der Waals surface area (Å²) >= 11 is 0. The molecular weight excluding hydrogens is 369 g/mol. The number of hydrogen-bond acceptors (Lipinski definition) is 3. The smallest absolute Gasteiger partial charge is 0.226 e. The van der Waals surface area contributed by atoms with Crippen molar-refractivity contribution in [2.75, 3.05) is 32.7 Å². The molecule has 0 aliphatic carbocycles. The molecule has 0 unspecified atom stereocenters. The van der Waals surface area contributed by atoms with Crippen LogP contribution in [0.25, 0.3) is 0 Å². The van der Waals surface area contributed by atoms with Gasteiger partial charge in [-0.1, -0.05) is 19.1 Å². The van der Waals surface area contributed by atoms with Gasteiger partial charge in [-0.3, -0.25) is 14.5 Å². The highest BCUT2D eigenvalue weighted by Gasteiger charge is 2.25. The third-order valence-electron chi connectivity index (χ3n) is 6.43. The Hall–Kier alpha value is -1.95. The largest absolute Gasteiger partial charge is 0.355 e. The van der Waals surface area contributed by atoms with Gasteiger partial charge in [0.15, 0.2) is 0 Å². The lowest BCUT2D eigenvalue weighted by atomic mass is 9.91. The average Bonchev–Trinajstić information content (AvgIpc) is 3.18. The molecule has 1 aromatic rings. The van der Waals surface area contributed by atoms with Gasteiger partial charge in [0, 0.05) is 32.1 Å². The minimum absolute atomic E-state index is 0.0591. The van der Waals surface area contributed by atoms with Crippen LogP contribution in [0.15, 0.2) is 24.3 Å². The Bertz CT molecular complexity index is 688. The second kappa shape index (κ2) is 10.7. The molecule has 5 nitrogen and oxygen atoms in total. The molecule has 29 heavy (non-hydrogen) atoms. The Labute approximate surface area is 173 Å². The first-order valence-electron chi connectivity index (χ1n) is 11.1. The van der Waals surface area contributed by atoms with E-state index in [4.69, 9.17) is 0 Å². The van der Waals surface area contributed by atoms with E-state index in [1.807, 2.05) is 4.90 Å². The molecule has 1 N–H and O–H groups in total. The number of carbonyl (C=O) groups is 2. The number of benzene rings is 1. The zero-order valence-electron chi connectivity index (χ0n) is 17.5. The van der Waals surface area contributed by atoms with Crippen molar-refractivity contribution in [2.45, 2.75) is 57.9 Å². The Morgan fingerprint density at radius 3 is 2.69 bits per heavy atom. The lowest BCUT2D eigenvalue weighted by molar-refractivity contribution is -0.132. The van der Waals surface area contributed by atoms with Crippen LogP contribution in [-0.4, -0.2) is 60.4 Å². The van der Waals surface area contributed by atoms with Crippen molar-refractivity contribution in [3.05, 3.63) is 35.6 Å². The molecule has 2 aliphatic rings. The van der Waals surface area contributed by atoms with Crippen molar-refractivity contribution in [1.29, 1.82) is 0 Å². The van der Waals surface area contributed by atoms with Crippen LogP contribution in [0.4, 0.5) is 4.39 Å². The fourth-order valence-corrected chi connectivity index (χ4v) is 4.60. The van der Waals surface area contributed by atoms with Gasteiger partial charge in [0.2, 0.25) is 11.8 Å². The third-order valence-corrected chi connectivity index (χ3v) is 6.43. The number of carbonyl (C=O) groups excluding carboxylic acids is 2. The quantitative estimate of drug-likeness (QED) is 0.726. The summed E-state index contributed by atoms with van der Waals surface area (Å²) in [6, 6.07) is 6.74. The van der Waals surface area contributed by atoms with Crippen LogP contribution >= 0.6 is 0 Å². The highest BCUT2D eigenvalue weighted by atomic mass is 19.1. The van der Waals surface area contributed by atoms with Crippen LogP contribution in [0, 0.1) is 11.7 Å². The average molecular weight is 404 g/mol. The standard InChI is InChI=1S/C23H34FN3O2/c1-2-26-12-4-7-21(26)17-25-22(28)9-8-18-10-13-27(14-11-18)23(29)16-19-5-3-6-20(24)15-19/h3,5-6,15,18,21H,2,4,7-14,16-17H2,1H3,(H,25,28)/t21-/m1/s1. The number of nitrogens with one attached hydrogen (secondary N) is 1. The van der Waals surface area contributed by atoms with Gasteiger partial charge in [0.25, 0.3) is 0 Å². The molecule has 2 heterocycles. The maximum atomic E-state index is 13.3. The molecule has 1 atom stereocenters. The topological polar surface area (TPSA) is 52.7 Å². The van der Waals surface area contributed by atoms with Crippen molar-refractivity contribution in [3.63, 3.8) is 0 Å². The summed E-state index contributed by atoms with van der Waals surface area (Å²) in [5.41, 5.74) is 0.720. The fourth-order valence-electron chi connectivity index (χ4n) is 4.60. The summed E-state index contributed by atoms with van der Waals surface area (Å²) in [6.07, 6.45) is 5.99. The van der Waals surface area contributed by atoms with Crippen molar-refractivity contribution in [2.24, 2.45) is 5.92 Å². The highest BCUT2D eigenvalue weighted by molar-refractivity contribution is 5.79. The molecule has 6 heteroatoms. The zero-order valence-corrected chi connectivity index (χ0v) is 17.5. The van der Waals surface area contributed by atoms with Gasteiger partial charge >= 0.3 is 0 Å². The predicted octanol–water partition coefficient (Wildman–Crippen LogP) is 2.99. The first kappa shape index (κ1) is 21.8. The van der Waals surface area contributed by atoms with E-state index in [0.29, 0.717) is 18.4 Å². The molecule has 0 aromatic heterocycles. The Morgan fingerprint density at radius 2 is 1.97 bits per heavy atom. The molecule has 2 amide bonds. The van der Waals surface area contributed by atoms with Gasteiger partial charge in [0.1, 0.15) is 5.82 Å². The molecule has 3 rings (SSSR count). The number of likely N-dealkylation sites (tertiary alicyclic amines) is 2. The number of amides is 2. The first-order valence-corrected chi connectivity index (χ1v) is 11.1. The van der Waals surface area contributed by atoms with Gasteiger partial charge < -0.3 is 10.2 Å². The van der Waals surface area contributed by atoms with Gasteiger partial charge in [-0.2, -0.15) is 0 Å². The van der Waals surface area contributed by atoms with Gasteiger partial charge in [0.05, 0.1) is 6.42 Å². The van der Waals surface area contributed by atoms with E-state index in [9.17, 15) is 14.0 Å². The molecule has 2 saturated heterocycles. The molecule has 0 saturated carbocycles. The first-order chi connectivity index (χ1) is 14.0. The van der Waals surface area contributed by atoms with Crippen LogP contribution in [0.5, 0.6) is 0 Å². The molecule has 0 bridgehead atoms. The van der Waals surface area contributed by atoms with Gasteiger partial charge in [-0.25, -0.2) is 4.39 Å². The number of likely N-dealkylation sites (N-methyl/N-ethyl adjacent to an activating group) is 1. The molecule has 0 spiro atoms. The van der Waals surface area contributed by atoms with Gasteiger partial charge in [-0.05, 0) is 68.8 Å². The lowest BCUT2D eigenvalue weighted by Gasteiger charge is -2.32. The number of halogens is 1. The van der Waals surface area contributed by atoms with E-state index < -0.39 is 0 Å². The van der Waals surface area contributed by atoms with Crippen molar-refractivity contribution in [3.8, 4) is 0 Å². The van der Waals surface area contributed by atoms with Crippen molar-refractivity contribution < 1.29 is 14.0 Å². The van der Waals surface area contributed by atoms with Crippen molar-refractivity contribution in [1.82, 2.24) is 15.1 Å². The van der Waals surface area contributed by atoms with Gasteiger partial charge in [-0.15, -0.1) is 0 Å². The molecule has 2 fully saturated rings. The van der Waals surface area contributed by atoms with Crippen LogP contribution in [-0.2, 0) is 16.0 Å². The summed E-state index contributed by atoms with van der Waals surface area (Å²) < 4.78 is 13.3. The Balaban J connectivity index is 1.32. The molecule has 1 aromatic carbocycles. The van der Waals surface area contributed by atoms with E-state index in [2.05, 4.69) is 17.1 Å². The SMILES string of the molecule is CCN1CCC[C@@H]1CNC(=O)CCC1CCN(C(=O)Cc2cccc(F)c2)CC1. The lowest BCUT2D eigenvalue weighted by Crippen LogP contribution is -2.41. The highest BCUT2D eigenvalue weighted by Crippen LogP contribution is 2.23. The summed E-state index contributed by atoms with van der Waals surface area (Å²) in [6.45, 7) is 6.60. The summed E-state index contributed by atoms with van der Waals surface area (Å²) in [4.78, 5) is 29.0. The zero-order chi connectivity index (χ0) is 20.6. The van der Waals surface area contributed by atoms with E-state index in [1.165, 1.54) is 25.0 Å². The van der Waals surface area contributed by atoms with Crippen molar-refractivity contribution >= 4 is 11.8 Å². The third kappa shape index (κ3) is 6.53. The van der Waals surface area contributed by atoms with E-state index in [-0.39, 0.29) is 24.1 Å². The molecule has 160 valence electrons. The maximum absolute atomic E-state index is 13.3. The molecule has 2 aliphatic heterocycles. The van der Waals surface area contributed by atoms with E-state index >= 15 is 0 Å². The molecule has 0 radical (unpaired) electrons. The van der Waals surface area contributed by atoms with E-state index in [1.54, 1.807) is 12.1 Å². The molecular formula is C23H34FN3O2. The Morgan fingerprint density at radius 1 is 1.17 bits per heavy atom. The number of nitrogens with zero attached hydrogens (tertiary/aromatic N) is 2. The normalized spacial score (nSPS) is 20.8. The number of hydrogen-bond donors (Lipinski definition) is 1. The van der Waals surface area contributed by atoms with Crippen LogP contribution in [0.1, 0.15) is 51.0 Å². The second-order valence-corrected chi connectivity index (χ2v) is 8.40. The fraction of sp³-hybridized carbons (Fsp3) is 0.652. The van der Waals surface area contributed by atoms with Crippen LogP contribution < -0.4 is 5.32 Å². The maximum Gasteiger partial charge on any atom is 0.226 e. The number of rotatable bonds is 8. The van der Waals surface area contributed by atoms with E-state index in [0.717, 1.165) is 57.5 Å². The number of piperidine rings is 1. The van der Waals surface area contributed by atoms with Crippen LogP contribution in [0.2, 0.25) is 0 Å². The monoisotopic (exact) mass is 403 g/mol. The summed E-state index contributed by atoms with van der Waals surface area (Å²) in [5, 5.41) is 3.11. The van der Waals surface area contributed by atoms with Crippen LogP contribution in [0.3, 0.4) is 0 Å². The summed E-state index contributed by atoms with van der Waals surface area (Å²) in [5.74, 6) is 0.404.